The van der Waals surface area contributed by atoms with E-state index in [1.807, 2.05) is 0 Å². The number of hydrogen-bond acceptors (Lipinski definition) is 2. The van der Waals surface area contributed by atoms with Gasteiger partial charge in [0, 0.05) is 12.7 Å². The Bertz CT molecular complexity index is 371. The maximum atomic E-state index is 11.4. The number of nitrogens with one attached hydrogen (secondary N) is 1. The molecule has 1 rings (SSSR count). The topological polar surface area (TPSA) is 41.6 Å². The minimum absolute atomic E-state index is 0.384. The number of halogens is 2. The number of amides is 2. The molecular formula is C9H10Cl2N2O2. The SMILES string of the molecule is CON(C)C(=O)N[14c]1[14cH][14cH][14c](Cl)[14c](Cl)[14cH]1. The van der Waals surface area contributed by atoms with Crippen LogP contribution in [0, 0.1) is 0 Å². The van der Waals surface area contributed by atoms with Gasteiger partial charge in [-0.1, -0.05) is 23.2 Å². The quantitative estimate of drug-likeness (QED) is 0.831. The van der Waals surface area contributed by atoms with E-state index in [-0.39, 0.29) is 0 Å². The summed E-state index contributed by atoms with van der Waals surface area (Å²) >= 11 is 11.5. The molecule has 1 N–H and O–H groups in total. The zero-order valence-corrected chi connectivity index (χ0v) is 9.76. The first kappa shape index (κ1) is 12.1. The van der Waals surface area contributed by atoms with Gasteiger partial charge in [0.1, 0.15) is 0 Å². The van der Waals surface area contributed by atoms with Crippen molar-refractivity contribution in [2.75, 3.05) is 19.5 Å². The molecule has 4 nitrogen and oxygen atoms in total. The van der Waals surface area contributed by atoms with Crippen molar-refractivity contribution in [1.29, 1.82) is 0 Å². The molecule has 1 aromatic rings. The number of hydroxylamine groups is 2. The Morgan fingerprint density at radius 3 is 2.60 bits per heavy atom. The Balaban J connectivity index is 2.73. The molecule has 0 fully saturated rings. The number of urea groups is 1. The molecule has 15 heavy (non-hydrogen) atoms. The van der Waals surface area contributed by atoms with Crippen LogP contribution in [0.3, 0.4) is 0 Å². The molecule has 0 atom stereocenters. The van der Waals surface area contributed by atoms with E-state index in [4.69, 9.17) is 28.0 Å². The molecule has 2 amide bonds. The Morgan fingerprint density at radius 2 is 2.07 bits per heavy atom. The Labute approximate surface area is 97.7 Å². The fourth-order valence-electron chi connectivity index (χ4n) is 0.859. The third-order valence-electron chi connectivity index (χ3n) is 1.73. The van der Waals surface area contributed by atoms with Gasteiger partial charge in [0.2, 0.25) is 0 Å². The molecule has 0 saturated heterocycles. The molecule has 0 radical (unpaired) electrons. The van der Waals surface area contributed by atoms with Gasteiger partial charge in [-0.15, -0.1) is 0 Å². The molecule has 0 spiro atoms. The standard InChI is InChI=1S/C9H10Cl2N2O2/c1-13(15-2)9(14)12-6-3-4-7(10)8(11)5-6/h3-5H,1-2H3,(H,12,14)/i3+2,4+2,5+2,6+2,7+2,8+2. The predicted molar refractivity (Wildman–Crippen MR) is 60.3 cm³/mol. The monoisotopic (exact) mass is 260 g/mol. The maximum Gasteiger partial charge on any atom is 0.345 e. The van der Waals surface area contributed by atoms with Crippen LogP contribution in [0.25, 0.3) is 0 Å². The number of hydrogen-bond donors (Lipinski definition) is 1. The summed E-state index contributed by atoms with van der Waals surface area (Å²) in [5.74, 6) is 0. The zero-order chi connectivity index (χ0) is 11.4. The zero-order valence-electron chi connectivity index (χ0n) is 8.25. The first-order valence-corrected chi connectivity index (χ1v) is 4.84. The molecule has 82 valence electrons. The molecule has 0 aliphatic heterocycles. The number of carbonyl (C=O) groups excluding carboxylic acids is 1. The number of nitrogens with zero attached hydrogens (tertiary/aromatic N) is 1. The summed E-state index contributed by atoms with van der Waals surface area (Å²) in [4.78, 5) is 16.1. The van der Waals surface area contributed by atoms with E-state index in [9.17, 15) is 4.79 Å². The molecule has 0 saturated carbocycles. The van der Waals surface area contributed by atoms with Gasteiger partial charge < -0.3 is 5.32 Å². The molecule has 0 unspecified atom stereocenters. The lowest BCUT2D eigenvalue weighted by atomic mass is 11.0. The van der Waals surface area contributed by atoms with E-state index in [0.717, 1.165) is 5.06 Å². The van der Waals surface area contributed by atoms with Gasteiger partial charge in [-0.2, -0.15) is 0 Å². The summed E-state index contributed by atoms with van der Waals surface area (Å²) in [6, 6.07) is 4.42. The predicted octanol–water partition coefficient (Wildman–Crippen LogP) is 3.02. The van der Waals surface area contributed by atoms with Crippen molar-refractivity contribution < 1.29 is 9.63 Å². The lowest BCUT2D eigenvalue weighted by molar-refractivity contribution is -0.0598. The van der Waals surface area contributed by atoms with E-state index in [0.29, 0.717) is 15.7 Å². The van der Waals surface area contributed by atoms with E-state index >= 15 is 0 Å². The van der Waals surface area contributed by atoms with Crippen LogP contribution in [0.4, 0.5) is 10.5 Å². The van der Waals surface area contributed by atoms with Crippen molar-refractivity contribution in [3.63, 3.8) is 0 Å². The molecule has 0 aromatic heterocycles. The van der Waals surface area contributed by atoms with Crippen LogP contribution in [0.2, 0.25) is 10.0 Å². The molecular weight excluding hydrogens is 251 g/mol. The third kappa shape index (κ3) is 3.27. The lowest BCUT2D eigenvalue weighted by Crippen LogP contribution is -2.30. The van der Waals surface area contributed by atoms with Crippen LogP contribution in [0.15, 0.2) is 18.2 Å². The normalized spacial score (nSPS) is 9.87. The number of rotatable bonds is 2. The molecule has 6 heteroatoms. The average Bonchev–Trinajstić information content (AvgIpc) is 2.22. The summed E-state index contributed by atoms with van der Waals surface area (Å²) in [5.41, 5.74) is 0.554. The van der Waals surface area contributed by atoms with Crippen molar-refractivity contribution in [1.82, 2.24) is 5.06 Å². The van der Waals surface area contributed by atoms with Crippen molar-refractivity contribution in [2.24, 2.45) is 0 Å². The minimum Gasteiger partial charge on any atom is -0.306 e. The summed E-state index contributed by atoms with van der Waals surface area (Å²) in [7, 11) is 2.89. The summed E-state index contributed by atoms with van der Waals surface area (Å²) in [6.45, 7) is 0. The van der Waals surface area contributed by atoms with Gasteiger partial charge in [0.25, 0.3) is 0 Å². The van der Waals surface area contributed by atoms with Crippen LogP contribution < -0.4 is 5.32 Å². The number of anilines is 1. The van der Waals surface area contributed by atoms with Crippen LogP contribution in [-0.4, -0.2) is 25.3 Å². The lowest BCUT2D eigenvalue weighted by Gasteiger charge is -2.14. The van der Waals surface area contributed by atoms with Gasteiger partial charge >= 0.3 is 6.03 Å². The molecule has 0 heterocycles. The summed E-state index contributed by atoms with van der Waals surface area (Å²) < 4.78 is 0. The van der Waals surface area contributed by atoms with Crippen LogP contribution in [0.5, 0.6) is 0 Å². The van der Waals surface area contributed by atoms with Crippen molar-refractivity contribution in [3.8, 4) is 0 Å². The number of carbonyl (C=O) groups is 1. The minimum atomic E-state index is -0.393. The van der Waals surface area contributed by atoms with Gasteiger partial charge in [0.05, 0.1) is 17.2 Å². The van der Waals surface area contributed by atoms with Gasteiger partial charge in [-0.05, 0) is 18.2 Å². The average molecular weight is 261 g/mol. The highest BCUT2D eigenvalue weighted by Crippen LogP contribution is 2.25. The first-order valence-electron chi connectivity index (χ1n) is 4.08. The Morgan fingerprint density at radius 1 is 1.40 bits per heavy atom. The van der Waals surface area contributed by atoms with E-state index < -0.39 is 6.03 Å². The fraction of sp³-hybridized carbons (Fsp3) is 0.222. The smallest absolute Gasteiger partial charge is 0.306 e. The fourth-order valence-corrected chi connectivity index (χ4v) is 1.16. The molecule has 0 aliphatic carbocycles. The largest absolute Gasteiger partial charge is 0.345 e. The summed E-state index contributed by atoms with van der Waals surface area (Å²) in [6.07, 6.45) is 0. The molecule has 1 aromatic carbocycles. The van der Waals surface area contributed by atoms with Crippen LogP contribution in [0.1, 0.15) is 0 Å². The van der Waals surface area contributed by atoms with Crippen LogP contribution in [-0.2, 0) is 4.84 Å². The van der Waals surface area contributed by atoms with Gasteiger partial charge in [0.15, 0.2) is 0 Å². The third-order valence-corrected chi connectivity index (χ3v) is 2.47. The maximum absolute atomic E-state index is 11.4. The highest BCUT2D eigenvalue weighted by molar-refractivity contribution is 6.42. The van der Waals surface area contributed by atoms with Crippen molar-refractivity contribution in [2.45, 2.75) is 0 Å². The Kier molecular flexibility index (Phi) is 4.20. The second-order valence-electron chi connectivity index (χ2n) is 2.74. The van der Waals surface area contributed by atoms with Crippen LogP contribution >= 0.6 is 23.2 Å². The second kappa shape index (κ2) is 5.21. The van der Waals surface area contributed by atoms with E-state index in [1.54, 1.807) is 18.2 Å². The number of benzene rings is 1. The first-order chi connectivity index (χ1) is 7.04. The van der Waals surface area contributed by atoms with E-state index in [2.05, 4.69) is 5.32 Å². The molecule has 0 bridgehead atoms. The Hall–Kier alpha value is -0.970. The highest BCUT2D eigenvalue weighted by Gasteiger charge is 2.08. The summed E-state index contributed by atoms with van der Waals surface area (Å²) in [5, 5.41) is 4.46. The van der Waals surface area contributed by atoms with Gasteiger partial charge in [-0.3, -0.25) is 4.84 Å². The van der Waals surface area contributed by atoms with Gasteiger partial charge in [-0.25, -0.2) is 9.86 Å². The second-order valence-corrected chi connectivity index (χ2v) is 3.55. The van der Waals surface area contributed by atoms with E-state index in [1.165, 1.54) is 14.2 Å². The van der Waals surface area contributed by atoms with Crippen molar-refractivity contribution in [3.05, 3.63) is 28.2 Å². The van der Waals surface area contributed by atoms with Crippen molar-refractivity contribution >= 4 is 34.9 Å². The highest BCUT2D eigenvalue weighted by atomic mass is 35.5. The molecule has 0 aliphatic rings.